The zero-order valence-electron chi connectivity index (χ0n) is 16.4. The highest BCUT2D eigenvalue weighted by molar-refractivity contribution is 5.80. The van der Waals surface area contributed by atoms with Crippen molar-refractivity contribution < 1.29 is 23.8 Å². The maximum absolute atomic E-state index is 12.3. The molecule has 3 atom stereocenters. The molecule has 2 heterocycles. The number of nitrogens with zero attached hydrogens (tertiary/aromatic N) is 2. The molecule has 1 saturated heterocycles. The molecule has 0 aliphatic carbocycles. The van der Waals surface area contributed by atoms with Crippen molar-refractivity contribution in [2.45, 2.75) is 38.7 Å². The summed E-state index contributed by atoms with van der Waals surface area (Å²) in [5, 5.41) is 0. The zero-order chi connectivity index (χ0) is 21.7. The first-order valence-electron chi connectivity index (χ1n) is 9.24. The summed E-state index contributed by atoms with van der Waals surface area (Å²) in [7, 11) is 0. The van der Waals surface area contributed by atoms with Gasteiger partial charge in [0.25, 0.3) is 5.56 Å². The van der Waals surface area contributed by atoms with Gasteiger partial charge in [-0.05, 0) is 12.1 Å². The van der Waals surface area contributed by atoms with Gasteiger partial charge in [-0.15, -0.1) is 0 Å². The third-order valence-electron chi connectivity index (χ3n) is 4.36. The van der Waals surface area contributed by atoms with E-state index < -0.39 is 41.6 Å². The number of esters is 2. The first-order chi connectivity index (χ1) is 14.3. The van der Waals surface area contributed by atoms with Crippen molar-refractivity contribution in [3.63, 3.8) is 0 Å². The minimum Gasteiger partial charge on any atom is -0.463 e. The van der Waals surface area contributed by atoms with Crippen LogP contribution in [0.3, 0.4) is 0 Å². The summed E-state index contributed by atoms with van der Waals surface area (Å²) in [6.45, 7) is 2.36. The van der Waals surface area contributed by atoms with Crippen LogP contribution in [0, 0.1) is 0 Å². The number of aromatic nitrogens is 2. The van der Waals surface area contributed by atoms with Crippen LogP contribution < -0.4 is 11.2 Å². The van der Waals surface area contributed by atoms with E-state index in [-0.39, 0.29) is 18.6 Å². The molecule has 0 radical (unpaired) electrons. The van der Waals surface area contributed by atoms with Gasteiger partial charge in [0.1, 0.15) is 25.0 Å². The lowest BCUT2D eigenvalue weighted by Gasteiger charge is -2.17. The molecule has 0 amide bonds. The summed E-state index contributed by atoms with van der Waals surface area (Å²) in [5.41, 5.74) is -0.490. The van der Waals surface area contributed by atoms with Gasteiger partial charge in [-0.2, -0.15) is 0 Å². The minimum absolute atomic E-state index is 0.135. The Bertz CT molecular complexity index is 1060. The topological polar surface area (TPSA) is 129 Å². The number of carbonyl (C=O) groups is 2. The van der Waals surface area contributed by atoms with E-state index in [0.29, 0.717) is 5.69 Å². The normalized spacial score (nSPS) is 20.9. The standard InChI is InChI=1S/C20H21N3O7/c1-12(24)28-11-17-16(29-13(2)25)8-18(30-17)23-10-14(19(26)22-20(23)27)9-21-15-6-4-3-5-7-15/h3-7,9-10,16-18H,8,11H2,1-2H3,(H,22,26,27)/t16-,17+,18+/m0/s1. The van der Waals surface area contributed by atoms with Crippen molar-refractivity contribution in [3.05, 3.63) is 62.9 Å². The van der Waals surface area contributed by atoms with Gasteiger partial charge in [-0.1, -0.05) is 18.2 Å². The van der Waals surface area contributed by atoms with Gasteiger partial charge in [-0.3, -0.25) is 28.9 Å². The van der Waals surface area contributed by atoms with Crippen LogP contribution in [-0.2, 0) is 23.8 Å². The third kappa shape index (κ3) is 5.29. The second-order valence-electron chi connectivity index (χ2n) is 6.66. The molecular weight excluding hydrogens is 394 g/mol. The predicted octanol–water partition coefficient (Wildman–Crippen LogP) is 1.07. The fraction of sp³-hybridized carbons (Fsp3) is 0.350. The number of aliphatic imine (C=N–C) groups is 1. The van der Waals surface area contributed by atoms with Crippen molar-refractivity contribution >= 4 is 23.8 Å². The average molecular weight is 415 g/mol. The molecule has 10 nitrogen and oxygen atoms in total. The SMILES string of the molecule is CC(=O)OC[C@H]1O[C@@H](n2cc(C=Nc3ccccc3)c(=O)[nH]c2=O)C[C@@H]1OC(C)=O. The molecule has 1 fully saturated rings. The highest BCUT2D eigenvalue weighted by Crippen LogP contribution is 2.30. The van der Waals surface area contributed by atoms with E-state index in [4.69, 9.17) is 14.2 Å². The van der Waals surface area contributed by atoms with E-state index in [0.717, 1.165) is 0 Å². The van der Waals surface area contributed by atoms with Gasteiger partial charge in [0.2, 0.25) is 0 Å². The molecule has 158 valence electrons. The quantitative estimate of drug-likeness (QED) is 0.552. The maximum atomic E-state index is 12.3. The summed E-state index contributed by atoms with van der Waals surface area (Å²) in [6.07, 6.45) is 0.529. The number of carbonyl (C=O) groups excluding carboxylic acids is 2. The Hall–Kier alpha value is -3.53. The average Bonchev–Trinajstić information content (AvgIpc) is 3.08. The molecule has 1 aromatic carbocycles. The second-order valence-corrected chi connectivity index (χ2v) is 6.66. The number of rotatable bonds is 6. The number of benzene rings is 1. The Morgan fingerprint density at radius 1 is 1.23 bits per heavy atom. The van der Waals surface area contributed by atoms with Crippen LogP contribution in [0.4, 0.5) is 5.69 Å². The van der Waals surface area contributed by atoms with Gasteiger partial charge in [0, 0.05) is 32.7 Å². The lowest BCUT2D eigenvalue weighted by Crippen LogP contribution is -2.34. The van der Waals surface area contributed by atoms with Crippen LogP contribution in [0.2, 0.25) is 0 Å². The van der Waals surface area contributed by atoms with Crippen molar-refractivity contribution in [2.75, 3.05) is 6.61 Å². The molecular formula is C20H21N3O7. The lowest BCUT2D eigenvalue weighted by molar-refractivity contribution is -0.155. The highest BCUT2D eigenvalue weighted by Gasteiger charge is 2.39. The molecule has 30 heavy (non-hydrogen) atoms. The fourth-order valence-corrected chi connectivity index (χ4v) is 3.02. The molecule has 1 aliphatic heterocycles. The van der Waals surface area contributed by atoms with Crippen LogP contribution >= 0.6 is 0 Å². The van der Waals surface area contributed by atoms with Gasteiger partial charge in [0.15, 0.2) is 0 Å². The molecule has 0 unspecified atom stereocenters. The number of para-hydroxylation sites is 1. The summed E-state index contributed by atoms with van der Waals surface area (Å²) in [5.74, 6) is -1.04. The smallest absolute Gasteiger partial charge is 0.330 e. The highest BCUT2D eigenvalue weighted by atomic mass is 16.6. The van der Waals surface area contributed by atoms with Crippen molar-refractivity contribution in [1.82, 2.24) is 9.55 Å². The number of H-pyrrole nitrogens is 1. The van der Waals surface area contributed by atoms with E-state index in [1.54, 1.807) is 12.1 Å². The number of ether oxygens (including phenoxy) is 3. The molecule has 0 saturated carbocycles. The van der Waals surface area contributed by atoms with Crippen LogP contribution in [0.5, 0.6) is 0 Å². The van der Waals surface area contributed by atoms with E-state index in [2.05, 4.69) is 9.98 Å². The largest absolute Gasteiger partial charge is 0.463 e. The number of nitrogens with one attached hydrogen (secondary N) is 1. The van der Waals surface area contributed by atoms with Crippen LogP contribution in [-0.4, -0.2) is 46.5 Å². The Morgan fingerprint density at radius 3 is 2.63 bits per heavy atom. The van der Waals surface area contributed by atoms with Gasteiger partial charge < -0.3 is 14.2 Å². The summed E-state index contributed by atoms with van der Waals surface area (Å²) < 4.78 is 17.2. The zero-order valence-corrected chi connectivity index (χ0v) is 16.4. The number of hydrogen-bond acceptors (Lipinski definition) is 8. The monoisotopic (exact) mass is 415 g/mol. The molecule has 10 heteroatoms. The number of aromatic amines is 1. The summed E-state index contributed by atoms with van der Waals surface area (Å²) in [4.78, 5) is 53.5. The fourth-order valence-electron chi connectivity index (χ4n) is 3.02. The molecule has 0 bridgehead atoms. The van der Waals surface area contributed by atoms with Crippen LogP contribution in [0.1, 0.15) is 32.1 Å². The van der Waals surface area contributed by atoms with Crippen LogP contribution in [0.15, 0.2) is 51.1 Å². The third-order valence-corrected chi connectivity index (χ3v) is 4.36. The Balaban J connectivity index is 1.86. The Morgan fingerprint density at radius 2 is 1.97 bits per heavy atom. The van der Waals surface area contributed by atoms with E-state index in [1.807, 2.05) is 18.2 Å². The van der Waals surface area contributed by atoms with Gasteiger partial charge in [-0.25, -0.2) is 4.79 Å². The van der Waals surface area contributed by atoms with E-state index in [9.17, 15) is 19.2 Å². The van der Waals surface area contributed by atoms with Crippen molar-refractivity contribution in [2.24, 2.45) is 4.99 Å². The van der Waals surface area contributed by atoms with Crippen molar-refractivity contribution in [1.29, 1.82) is 0 Å². The Kier molecular flexibility index (Phi) is 6.58. The number of hydrogen-bond donors (Lipinski definition) is 1. The first-order valence-corrected chi connectivity index (χ1v) is 9.24. The first kappa shape index (κ1) is 21.2. The molecule has 3 rings (SSSR count). The van der Waals surface area contributed by atoms with Crippen LogP contribution in [0.25, 0.3) is 0 Å². The minimum atomic E-state index is -0.830. The van der Waals surface area contributed by atoms with Gasteiger partial charge >= 0.3 is 17.6 Å². The Labute approximate surface area is 171 Å². The van der Waals surface area contributed by atoms with Gasteiger partial charge in [0.05, 0.1) is 11.3 Å². The molecule has 1 N–H and O–H groups in total. The maximum Gasteiger partial charge on any atom is 0.330 e. The van der Waals surface area contributed by atoms with Crippen molar-refractivity contribution in [3.8, 4) is 0 Å². The summed E-state index contributed by atoms with van der Waals surface area (Å²) >= 11 is 0. The second kappa shape index (κ2) is 9.31. The van der Waals surface area contributed by atoms with E-state index in [1.165, 1.54) is 30.8 Å². The van der Waals surface area contributed by atoms with E-state index >= 15 is 0 Å². The molecule has 2 aromatic rings. The summed E-state index contributed by atoms with van der Waals surface area (Å²) in [6, 6.07) is 8.99. The lowest BCUT2D eigenvalue weighted by atomic mass is 10.2. The molecule has 1 aliphatic rings. The molecule has 0 spiro atoms. The molecule has 1 aromatic heterocycles. The predicted molar refractivity (Wildman–Crippen MR) is 106 cm³/mol.